The minimum absolute atomic E-state index is 0.125. The van der Waals surface area contributed by atoms with Gasteiger partial charge in [0.15, 0.2) is 16.2 Å². The quantitative estimate of drug-likeness (QED) is 0.693. The summed E-state index contributed by atoms with van der Waals surface area (Å²) in [6.07, 6.45) is 1.65. The topological polar surface area (TPSA) is 59.8 Å². The highest BCUT2D eigenvalue weighted by Crippen LogP contribution is 2.41. The van der Waals surface area contributed by atoms with Crippen molar-refractivity contribution in [3.63, 3.8) is 0 Å². The van der Waals surface area contributed by atoms with Crippen LogP contribution in [0.25, 0.3) is 0 Å². The largest absolute Gasteiger partial charge is 0.486 e. The number of ketones is 1. The number of benzene rings is 1. The number of amides is 1. The van der Waals surface area contributed by atoms with Gasteiger partial charge in [0.25, 0.3) is 5.91 Å². The summed E-state index contributed by atoms with van der Waals surface area (Å²) in [5, 5.41) is 0. The van der Waals surface area contributed by atoms with Gasteiger partial charge in [-0.05, 0) is 59.1 Å². The van der Waals surface area contributed by atoms with E-state index < -0.39 is 5.60 Å². The standard InChI is InChI=1S/C20H20BrNO4/c1-12-3-4-14-15(23)11-20(26-18(14)13(12)2)7-9-22(10-8-20)19(24)16-5-6-17(21)25-16/h3-6H,7-11H2,1-2H3. The Kier molecular flexibility index (Phi) is 4.18. The maximum atomic E-state index is 12.7. The summed E-state index contributed by atoms with van der Waals surface area (Å²) >= 11 is 3.22. The second-order valence-electron chi connectivity index (χ2n) is 7.17. The predicted octanol–water partition coefficient (Wildman–Crippen LogP) is 4.30. The monoisotopic (exact) mass is 417 g/mol. The molecule has 3 heterocycles. The second-order valence-corrected chi connectivity index (χ2v) is 7.95. The van der Waals surface area contributed by atoms with Crippen LogP contribution in [-0.2, 0) is 0 Å². The van der Waals surface area contributed by atoms with Crippen molar-refractivity contribution < 1.29 is 18.7 Å². The number of hydrogen-bond donors (Lipinski definition) is 0. The normalized spacial score (nSPS) is 18.6. The highest BCUT2D eigenvalue weighted by molar-refractivity contribution is 9.10. The second kappa shape index (κ2) is 6.27. The summed E-state index contributed by atoms with van der Waals surface area (Å²) in [4.78, 5) is 27.0. The summed E-state index contributed by atoms with van der Waals surface area (Å²) in [5.74, 6) is 1.05. The van der Waals surface area contributed by atoms with E-state index in [2.05, 4.69) is 15.9 Å². The number of carbonyl (C=O) groups excluding carboxylic acids is 2. The first-order valence-corrected chi connectivity index (χ1v) is 9.55. The third-order valence-electron chi connectivity index (χ3n) is 5.52. The molecule has 0 aliphatic carbocycles. The molecule has 26 heavy (non-hydrogen) atoms. The molecule has 2 aliphatic heterocycles. The van der Waals surface area contributed by atoms with Crippen LogP contribution in [0, 0.1) is 13.8 Å². The van der Waals surface area contributed by atoms with Crippen LogP contribution in [0.1, 0.15) is 51.3 Å². The van der Waals surface area contributed by atoms with Crippen LogP contribution in [0.15, 0.2) is 33.4 Å². The number of hydrogen-bond acceptors (Lipinski definition) is 4. The van der Waals surface area contributed by atoms with E-state index in [4.69, 9.17) is 9.15 Å². The molecule has 2 aromatic rings. The third kappa shape index (κ3) is 2.86. The number of halogens is 1. The lowest BCUT2D eigenvalue weighted by Crippen LogP contribution is -2.52. The summed E-state index contributed by atoms with van der Waals surface area (Å²) in [5.41, 5.74) is 2.31. The maximum absolute atomic E-state index is 12.7. The van der Waals surface area contributed by atoms with E-state index in [1.807, 2.05) is 26.0 Å². The molecule has 1 saturated heterocycles. The molecule has 1 aromatic heterocycles. The number of furan rings is 1. The molecule has 1 amide bonds. The summed E-state index contributed by atoms with van der Waals surface area (Å²) in [7, 11) is 0. The summed E-state index contributed by atoms with van der Waals surface area (Å²) in [6, 6.07) is 7.21. The third-order valence-corrected chi connectivity index (χ3v) is 5.95. The average molecular weight is 418 g/mol. The number of nitrogens with zero attached hydrogens (tertiary/aromatic N) is 1. The van der Waals surface area contributed by atoms with Crippen molar-refractivity contribution in [2.75, 3.05) is 13.1 Å². The number of Topliss-reactive ketones (excluding diaryl/α,β-unsaturated/α-hetero) is 1. The Morgan fingerprint density at radius 1 is 1.15 bits per heavy atom. The van der Waals surface area contributed by atoms with Crippen LogP contribution in [0.4, 0.5) is 0 Å². The zero-order valence-electron chi connectivity index (χ0n) is 14.8. The van der Waals surface area contributed by atoms with Crippen molar-refractivity contribution in [3.8, 4) is 5.75 Å². The zero-order valence-corrected chi connectivity index (χ0v) is 16.4. The number of rotatable bonds is 1. The van der Waals surface area contributed by atoms with Gasteiger partial charge >= 0.3 is 0 Å². The van der Waals surface area contributed by atoms with E-state index in [0.29, 0.717) is 48.3 Å². The van der Waals surface area contributed by atoms with Gasteiger partial charge in [0.1, 0.15) is 11.4 Å². The van der Waals surface area contributed by atoms with Crippen molar-refractivity contribution >= 4 is 27.6 Å². The van der Waals surface area contributed by atoms with Gasteiger partial charge in [0.05, 0.1) is 12.0 Å². The summed E-state index contributed by atoms with van der Waals surface area (Å²) < 4.78 is 12.3. The molecular weight excluding hydrogens is 398 g/mol. The van der Waals surface area contributed by atoms with Gasteiger partial charge < -0.3 is 14.1 Å². The van der Waals surface area contributed by atoms with Crippen molar-refractivity contribution in [3.05, 3.63) is 51.4 Å². The minimum Gasteiger partial charge on any atom is -0.486 e. The molecule has 6 heteroatoms. The first-order chi connectivity index (χ1) is 12.4. The Morgan fingerprint density at radius 2 is 1.88 bits per heavy atom. The van der Waals surface area contributed by atoms with Gasteiger partial charge in [0.2, 0.25) is 0 Å². The molecule has 1 fully saturated rings. The van der Waals surface area contributed by atoms with Gasteiger partial charge in [-0.3, -0.25) is 9.59 Å². The van der Waals surface area contributed by atoms with E-state index in [9.17, 15) is 9.59 Å². The molecule has 1 aromatic carbocycles. The fraction of sp³-hybridized carbons (Fsp3) is 0.400. The Bertz CT molecular complexity index is 893. The molecule has 0 N–H and O–H groups in total. The Hall–Kier alpha value is -2.08. The van der Waals surface area contributed by atoms with E-state index in [1.165, 1.54) is 0 Å². The van der Waals surface area contributed by atoms with Crippen LogP contribution < -0.4 is 4.74 Å². The number of piperidine rings is 1. The minimum atomic E-state index is -0.511. The van der Waals surface area contributed by atoms with Crippen LogP contribution >= 0.6 is 15.9 Å². The van der Waals surface area contributed by atoms with Gasteiger partial charge in [-0.25, -0.2) is 0 Å². The molecule has 1 spiro atoms. The number of fused-ring (bicyclic) bond motifs is 1. The predicted molar refractivity (Wildman–Crippen MR) is 99.8 cm³/mol. The fourth-order valence-corrected chi connectivity index (χ4v) is 4.07. The number of ether oxygens (including phenoxy) is 1. The molecule has 0 bridgehead atoms. The number of aryl methyl sites for hydroxylation is 1. The van der Waals surface area contributed by atoms with Crippen molar-refractivity contribution in [1.29, 1.82) is 0 Å². The summed E-state index contributed by atoms with van der Waals surface area (Å²) in [6.45, 7) is 5.11. The molecule has 0 atom stereocenters. The van der Waals surface area contributed by atoms with Gasteiger partial charge in [-0.2, -0.15) is 0 Å². The van der Waals surface area contributed by atoms with E-state index in [1.54, 1.807) is 17.0 Å². The average Bonchev–Trinajstić information content (AvgIpc) is 3.05. The lowest BCUT2D eigenvalue weighted by molar-refractivity contribution is -0.00693. The smallest absolute Gasteiger partial charge is 0.289 e. The lowest BCUT2D eigenvalue weighted by Gasteiger charge is -2.44. The Morgan fingerprint density at radius 3 is 2.54 bits per heavy atom. The molecule has 0 radical (unpaired) electrons. The Balaban J connectivity index is 1.53. The molecule has 2 aliphatic rings. The van der Waals surface area contributed by atoms with Crippen molar-refractivity contribution in [2.24, 2.45) is 0 Å². The van der Waals surface area contributed by atoms with Gasteiger partial charge in [-0.1, -0.05) is 6.07 Å². The fourth-order valence-electron chi connectivity index (χ4n) is 3.76. The molecule has 0 saturated carbocycles. The highest BCUT2D eigenvalue weighted by Gasteiger charge is 2.44. The molecule has 0 unspecified atom stereocenters. The van der Waals surface area contributed by atoms with Crippen LogP contribution in [0.5, 0.6) is 5.75 Å². The lowest BCUT2D eigenvalue weighted by atomic mass is 9.81. The first-order valence-electron chi connectivity index (χ1n) is 8.76. The molecule has 136 valence electrons. The van der Waals surface area contributed by atoms with Crippen LogP contribution in [0.3, 0.4) is 0 Å². The molecular formula is C20H20BrNO4. The molecule has 5 nitrogen and oxygen atoms in total. The van der Waals surface area contributed by atoms with E-state index in [-0.39, 0.29) is 11.7 Å². The zero-order chi connectivity index (χ0) is 18.5. The first kappa shape index (κ1) is 17.3. The molecule has 4 rings (SSSR count). The number of carbonyl (C=O) groups is 2. The number of likely N-dealkylation sites (tertiary alicyclic amines) is 1. The van der Waals surface area contributed by atoms with E-state index in [0.717, 1.165) is 16.9 Å². The van der Waals surface area contributed by atoms with Crippen molar-refractivity contribution in [1.82, 2.24) is 4.90 Å². The SMILES string of the molecule is Cc1ccc2c(c1C)OC1(CCN(C(=O)c3ccc(Br)o3)CC1)CC2=O. The van der Waals surface area contributed by atoms with Crippen LogP contribution in [0.2, 0.25) is 0 Å². The van der Waals surface area contributed by atoms with Crippen molar-refractivity contribution in [2.45, 2.75) is 38.7 Å². The Labute approximate surface area is 160 Å². The van der Waals surface area contributed by atoms with Gasteiger partial charge in [0, 0.05) is 25.9 Å². The maximum Gasteiger partial charge on any atom is 0.289 e. The highest BCUT2D eigenvalue weighted by atomic mass is 79.9. The van der Waals surface area contributed by atoms with Crippen LogP contribution in [-0.4, -0.2) is 35.3 Å². The van der Waals surface area contributed by atoms with Gasteiger partial charge in [-0.15, -0.1) is 0 Å². The van der Waals surface area contributed by atoms with E-state index >= 15 is 0 Å².